The van der Waals surface area contributed by atoms with Crippen LogP contribution < -0.4 is 5.73 Å². The fraction of sp³-hybridized carbons (Fsp3) is 0.533. The molecule has 0 radical (unpaired) electrons. The van der Waals surface area contributed by atoms with E-state index < -0.39 is 8.07 Å². The van der Waals surface area contributed by atoms with Gasteiger partial charge in [0, 0.05) is 26.1 Å². The van der Waals surface area contributed by atoms with Crippen LogP contribution in [0.15, 0.2) is 24.4 Å². The molecule has 110 valence electrons. The van der Waals surface area contributed by atoms with Gasteiger partial charge in [-0.3, -0.25) is 0 Å². The van der Waals surface area contributed by atoms with Crippen molar-refractivity contribution in [1.29, 1.82) is 0 Å². The van der Waals surface area contributed by atoms with Crippen LogP contribution in [0.2, 0.25) is 25.7 Å². The summed E-state index contributed by atoms with van der Waals surface area (Å²) in [5, 5.41) is 5.54. The van der Waals surface area contributed by atoms with Crippen LogP contribution in [0.1, 0.15) is 18.5 Å². The van der Waals surface area contributed by atoms with Crippen molar-refractivity contribution in [3.63, 3.8) is 0 Å². The Hall–Kier alpha value is -1.17. The molecule has 1 aromatic carbocycles. The highest BCUT2D eigenvalue weighted by Gasteiger charge is 2.13. The fourth-order valence-corrected chi connectivity index (χ4v) is 2.92. The second kappa shape index (κ2) is 6.07. The van der Waals surface area contributed by atoms with Gasteiger partial charge in [-0.25, -0.2) is 4.68 Å². The first-order valence-electron chi connectivity index (χ1n) is 7.16. The van der Waals surface area contributed by atoms with Crippen LogP contribution in [-0.4, -0.2) is 24.5 Å². The van der Waals surface area contributed by atoms with Crippen LogP contribution in [0.25, 0.3) is 10.9 Å². The third-order valence-corrected chi connectivity index (χ3v) is 5.10. The summed E-state index contributed by atoms with van der Waals surface area (Å²) in [7, 11) is -1.04. The van der Waals surface area contributed by atoms with Crippen molar-refractivity contribution >= 4 is 19.0 Å². The van der Waals surface area contributed by atoms with E-state index in [2.05, 4.69) is 36.9 Å². The monoisotopic (exact) mass is 291 g/mol. The first kappa shape index (κ1) is 15.2. The molecule has 0 saturated carbocycles. The molecule has 1 heterocycles. The fourth-order valence-electron chi connectivity index (χ4n) is 2.17. The number of para-hydroxylation sites is 1. The van der Waals surface area contributed by atoms with Crippen LogP contribution in [0.4, 0.5) is 0 Å². The zero-order valence-corrected chi connectivity index (χ0v) is 13.9. The number of hydrogen-bond acceptors (Lipinski definition) is 3. The summed E-state index contributed by atoms with van der Waals surface area (Å²) in [4.78, 5) is 0. The molecule has 0 saturated heterocycles. The molecule has 0 bridgehead atoms. The summed E-state index contributed by atoms with van der Waals surface area (Å²) in [6.07, 6.45) is 1.88. The molecule has 0 unspecified atom stereocenters. The van der Waals surface area contributed by atoms with Crippen LogP contribution in [0.3, 0.4) is 0 Å². The Morgan fingerprint density at radius 3 is 2.75 bits per heavy atom. The minimum absolute atomic E-state index is 0.00358. The van der Waals surface area contributed by atoms with E-state index in [0.717, 1.165) is 23.1 Å². The predicted octanol–water partition coefficient (Wildman–Crippen LogP) is 3.37. The molecule has 0 aliphatic heterocycles. The van der Waals surface area contributed by atoms with E-state index in [1.807, 2.05) is 23.9 Å². The Bertz CT molecular complexity index is 572. The average molecular weight is 291 g/mol. The first-order valence-corrected chi connectivity index (χ1v) is 10.9. The Balaban J connectivity index is 2.11. The van der Waals surface area contributed by atoms with Gasteiger partial charge < -0.3 is 10.5 Å². The van der Waals surface area contributed by atoms with Crippen molar-refractivity contribution in [2.24, 2.45) is 5.73 Å². The van der Waals surface area contributed by atoms with Gasteiger partial charge in [0.05, 0.1) is 11.7 Å². The Labute approximate surface area is 121 Å². The highest BCUT2D eigenvalue weighted by atomic mass is 28.3. The minimum Gasteiger partial charge on any atom is -0.360 e. The Morgan fingerprint density at radius 1 is 1.35 bits per heavy atom. The van der Waals surface area contributed by atoms with E-state index >= 15 is 0 Å². The molecule has 0 spiro atoms. The van der Waals surface area contributed by atoms with E-state index in [4.69, 9.17) is 10.5 Å². The zero-order valence-electron chi connectivity index (χ0n) is 12.9. The highest BCUT2D eigenvalue weighted by Crippen LogP contribution is 2.23. The lowest BCUT2D eigenvalue weighted by atomic mass is 10.1. The molecular weight excluding hydrogens is 266 g/mol. The molecule has 0 amide bonds. The van der Waals surface area contributed by atoms with Gasteiger partial charge in [-0.15, -0.1) is 0 Å². The van der Waals surface area contributed by atoms with Crippen molar-refractivity contribution in [3.05, 3.63) is 30.0 Å². The van der Waals surface area contributed by atoms with Gasteiger partial charge >= 0.3 is 0 Å². The second-order valence-electron chi connectivity index (χ2n) is 6.57. The van der Waals surface area contributed by atoms with Crippen LogP contribution in [0.5, 0.6) is 0 Å². The maximum absolute atomic E-state index is 6.04. The summed E-state index contributed by atoms with van der Waals surface area (Å²) in [5.74, 6) is 0. The SMILES string of the molecule is C[C@@H](N)c1cccc2cnn(COCC[Si](C)(C)C)c12. The van der Waals surface area contributed by atoms with Gasteiger partial charge in [0.25, 0.3) is 0 Å². The summed E-state index contributed by atoms with van der Waals surface area (Å²) in [6.45, 7) is 10.4. The number of ether oxygens (including phenoxy) is 1. The van der Waals surface area contributed by atoms with Crippen LogP contribution in [0, 0.1) is 0 Å². The maximum atomic E-state index is 6.04. The minimum atomic E-state index is -1.04. The quantitative estimate of drug-likeness (QED) is 0.656. The maximum Gasteiger partial charge on any atom is 0.140 e. The number of nitrogens with two attached hydrogens (primary N) is 1. The van der Waals surface area contributed by atoms with Crippen molar-refractivity contribution in [2.45, 2.75) is 45.4 Å². The molecule has 0 aliphatic rings. The van der Waals surface area contributed by atoms with Gasteiger partial charge in [0.15, 0.2) is 0 Å². The largest absolute Gasteiger partial charge is 0.360 e. The molecule has 0 fully saturated rings. The molecule has 2 rings (SSSR count). The Kier molecular flexibility index (Phi) is 4.62. The topological polar surface area (TPSA) is 53.1 Å². The van der Waals surface area contributed by atoms with E-state index in [0.29, 0.717) is 6.73 Å². The van der Waals surface area contributed by atoms with Gasteiger partial charge in [-0.05, 0) is 18.5 Å². The van der Waals surface area contributed by atoms with E-state index in [1.165, 1.54) is 6.04 Å². The highest BCUT2D eigenvalue weighted by molar-refractivity contribution is 6.76. The van der Waals surface area contributed by atoms with Crippen molar-refractivity contribution in [1.82, 2.24) is 9.78 Å². The van der Waals surface area contributed by atoms with Crippen molar-refractivity contribution in [2.75, 3.05) is 6.61 Å². The molecule has 4 nitrogen and oxygen atoms in total. The summed E-state index contributed by atoms with van der Waals surface area (Å²) in [5.41, 5.74) is 8.26. The first-order chi connectivity index (χ1) is 9.38. The lowest BCUT2D eigenvalue weighted by Gasteiger charge is -2.16. The molecule has 20 heavy (non-hydrogen) atoms. The average Bonchev–Trinajstić information content (AvgIpc) is 2.76. The molecule has 5 heteroatoms. The van der Waals surface area contributed by atoms with E-state index in [-0.39, 0.29) is 6.04 Å². The van der Waals surface area contributed by atoms with Crippen LogP contribution in [-0.2, 0) is 11.5 Å². The van der Waals surface area contributed by atoms with Gasteiger partial charge in [-0.2, -0.15) is 5.10 Å². The summed E-state index contributed by atoms with van der Waals surface area (Å²) in [6, 6.07) is 7.32. The standard InChI is InChI=1S/C15H25N3OSi/c1-12(16)14-7-5-6-13-10-17-18(15(13)14)11-19-8-9-20(2,3)4/h5-7,10,12H,8-9,11,16H2,1-4H3/t12-/m1/s1. The zero-order chi connectivity index (χ0) is 14.8. The third kappa shape index (κ3) is 3.68. The van der Waals surface area contributed by atoms with Gasteiger partial charge in [0.2, 0.25) is 0 Å². The summed E-state index contributed by atoms with van der Waals surface area (Å²) >= 11 is 0. The molecule has 2 N–H and O–H groups in total. The number of rotatable bonds is 6. The number of aromatic nitrogens is 2. The van der Waals surface area contributed by atoms with E-state index in [1.54, 1.807) is 0 Å². The lowest BCUT2D eigenvalue weighted by Crippen LogP contribution is -2.22. The molecule has 2 aromatic rings. The molecule has 0 aliphatic carbocycles. The van der Waals surface area contributed by atoms with Gasteiger partial charge in [0.1, 0.15) is 6.73 Å². The normalized spacial score (nSPS) is 13.8. The van der Waals surface area contributed by atoms with Crippen molar-refractivity contribution < 1.29 is 4.74 Å². The predicted molar refractivity (Wildman–Crippen MR) is 86.4 cm³/mol. The second-order valence-corrected chi connectivity index (χ2v) is 12.2. The molecular formula is C15H25N3OSi. The number of fused-ring (bicyclic) bond motifs is 1. The molecule has 1 aromatic heterocycles. The lowest BCUT2D eigenvalue weighted by molar-refractivity contribution is 0.0816. The smallest absolute Gasteiger partial charge is 0.140 e. The third-order valence-electron chi connectivity index (χ3n) is 3.39. The van der Waals surface area contributed by atoms with Gasteiger partial charge in [-0.1, -0.05) is 37.8 Å². The van der Waals surface area contributed by atoms with Crippen molar-refractivity contribution in [3.8, 4) is 0 Å². The van der Waals surface area contributed by atoms with E-state index in [9.17, 15) is 0 Å². The summed E-state index contributed by atoms with van der Waals surface area (Å²) < 4.78 is 7.71. The number of nitrogens with zero attached hydrogens (tertiary/aromatic N) is 2. The molecule has 1 atom stereocenters. The van der Waals surface area contributed by atoms with Crippen LogP contribution >= 0.6 is 0 Å². The number of hydrogen-bond donors (Lipinski definition) is 1. The Morgan fingerprint density at radius 2 is 2.10 bits per heavy atom. The number of benzene rings is 1.